The van der Waals surface area contributed by atoms with Crippen molar-refractivity contribution >= 4 is 46.6 Å². The summed E-state index contributed by atoms with van der Waals surface area (Å²) in [5.74, 6) is -0.174. The van der Waals surface area contributed by atoms with E-state index in [1.54, 1.807) is 67.7 Å². The number of anilines is 3. The average molecular weight is 775 g/mol. The molecule has 0 unspecified atom stereocenters. The first-order valence-corrected chi connectivity index (χ1v) is 19.4. The number of nitrogens with one attached hydrogen (secondary N) is 2. The van der Waals surface area contributed by atoms with Gasteiger partial charge >= 0.3 is 0 Å². The van der Waals surface area contributed by atoms with E-state index in [-0.39, 0.29) is 36.1 Å². The molecule has 0 saturated carbocycles. The maximum atomic E-state index is 13.7. The Morgan fingerprint density at radius 1 is 0.754 bits per heavy atom. The summed E-state index contributed by atoms with van der Waals surface area (Å²) in [7, 11) is 5.23. The van der Waals surface area contributed by atoms with Crippen molar-refractivity contribution in [3.05, 3.63) is 113 Å². The number of piperazine rings is 1. The standard InChI is InChI=1S/C44H50N6O7/c1-47-25-27-49(28-26-47)40(51)20-5-4-12-29-57-38-19-11-10-18-37(38)48(2)42(53)31-21-22-36(39(30-31)56-3)46-41(52)34-16-8-9-17-35(34)45-23-13-24-50-43(54)32-14-6-7-15-33(32)44(50)55/h6-11,14-19,21-22,30,45H,4-5,12-13,20,23-29H2,1-3H3,(H,46,52). The molecule has 4 aromatic rings. The van der Waals surface area contributed by atoms with Crippen LogP contribution in [0.2, 0.25) is 0 Å². The molecule has 2 aliphatic heterocycles. The molecule has 13 nitrogen and oxygen atoms in total. The van der Waals surface area contributed by atoms with Crippen LogP contribution in [0.4, 0.5) is 17.1 Å². The maximum absolute atomic E-state index is 13.7. The Morgan fingerprint density at radius 2 is 1.44 bits per heavy atom. The Kier molecular flexibility index (Phi) is 13.5. The van der Waals surface area contributed by atoms with E-state index in [0.29, 0.717) is 76.8 Å². The Labute approximate surface area is 333 Å². The molecule has 0 bridgehead atoms. The first-order valence-electron chi connectivity index (χ1n) is 19.4. The summed E-state index contributed by atoms with van der Waals surface area (Å²) in [6.07, 6.45) is 3.48. The van der Waals surface area contributed by atoms with E-state index in [0.717, 1.165) is 45.4 Å². The lowest BCUT2D eigenvalue weighted by Crippen LogP contribution is -2.47. The van der Waals surface area contributed by atoms with Gasteiger partial charge in [0.05, 0.1) is 41.8 Å². The van der Waals surface area contributed by atoms with Gasteiger partial charge < -0.3 is 34.8 Å². The fraction of sp³-hybridized carbons (Fsp3) is 0.341. The molecule has 4 aromatic carbocycles. The number of nitrogens with zero attached hydrogens (tertiary/aromatic N) is 4. The van der Waals surface area contributed by atoms with Gasteiger partial charge in [0.15, 0.2) is 0 Å². The van der Waals surface area contributed by atoms with Crippen molar-refractivity contribution in [3.8, 4) is 11.5 Å². The summed E-state index contributed by atoms with van der Waals surface area (Å²) >= 11 is 0. The lowest BCUT2D eigenvalue weighted by Gasteiger charge is -2.32. The third-order valence-electron chi connectivity index (χ3n) is 10.3. The molecule has 13 heteroatoms. The number of benzene rings is 4. The fourth-order valence-electron chi connectivity index (χ4n) is 6.97. The van der Waals surface area contributed by atoms with Crippen LogP contribution in [0.5, 0.6) is 11.5 Å². The summed E-state index contributed by atoms with van der Waals surface area (Å²) in [5.41, 5.74) is 3.15. The maximum Gasteiger partial charge on any atom is 0.261 e. The second-order valence-corrected chi connectivity index (χ2v) is 14.2. The number of fused-ring (bicyclic) bond motifs is 1. The lowest BCUT2D eigenvalue weighted by molar-refractivity contribution is -0.132. The number of carbonyl (C=O) groups excluding carboxylic acids is 5. The highest BCUT2D eigenvalue weighted by Gasteiger charge is 2.34. The first kappa shape index (κ1) is 40.5. The number of unbranched alkanes of at least 4 members (excludes halogenated alkanes) is 2. The third kappa shape index (κ3) is 9.79. The molecule has 2 aliphatic rings. The monoisotopic (exact) mass is 774 g/mol. The van der Waals surface area contributed by atoms with Crippen LogP contribution >= 0.6 is 0 Å². The molecule has 1 saturated heterocycles. The Balaban J connectivity index is 1.00. The van der Waals surface area contributed by atoms with E-state index in [4.69, 9.17) is 9.47 Å². The zero-order valence-corrected chi connectivity index (χ0v) is 32.8. The van der Waals surface area contributed by atoms with E-state index in [2.05, 4.69) is 22.6 Å². The van der Waals surface area contributed by atoms with Crippen molar-refractivity contribution in [2.75, 3.05) is 82.6 Å². The molecule has 1 fully saturated rings. The summed E-state index contributed by atoms with van der Waals surface area (Å²) in [6.45, 7) is 4.52. The molecule has 0 aromatic heterocycles. The van der Waals surface area contributed by atoms with Crippen LogP contribution in [0.1, 0.15) is 73.5 Å². The van der Waals surface area contributed by atoms with Crippen molar-refractivity contribution in [2.24, 2.45) is 0 Å². The minimum absolute atomic E-state index is 0.216. The molecular formula is C44H50N6O7. The number of hydrogen-bond acceptors (Lipinski definition) is 9. The van der Waals surface area contributed by atoms with E-state index < -0.39 is 0 Å². The number of likely N-dealkylation sites (N-methyl/N-ethyl adjacent to an activating group) is 1. The highest BCUT2D eigenvalue weighted by Crippen LogP contribution is 2.32. The van der Waals surface area contributed by atoms with Crippen molar-refractivity contribution in [1.29, 1.82) is 0 Å². The SMILES string of the molecule is COc1cc(C(=O)N(C)c2ccccc2OCCCCCC(=O)N2CCN(C)CC2)ccc1NC(=O)c1ccccc1NCCCN1C(=O)c2ccccc2C1=O. The van der Waals surface area contributed by atoms with Crippen LogP contribution in [0.15, 0.2) is 91.0 Å². The lowest BCUT2D eigenvalue weighted by atomic mass is 10.1. The van der Waals surface area contributed by atoms with Crippen molar-refractivity contribution < 1.29 is 33.4 Å². The molecular weight excluding hydrogens is 725 g/mol. The van der Waals surface area contributed by atoms with Gasteiger partial charge in [-0.2, -0.15) is 0 Å². The van der Waals surface area contributed by atoms with Gasteiger partial charge in [-0.3, -0.25) is 28.9 Å². The Morgan fingerprint density at radius 3 is 2.18 bits per heavy atom. The quantitative estimate of drug-likeness (QED) is 0.0972. The van der Waals surface area contributed by atoms with Crippen LogP contribution in [0, 0.1) is 0 Å². The minimum Gasteiger partial charge on any atom is -0.495 e. The number of hydrogen-bond donors (Lipinski definition) is 2. The predicted molar refractivity (Wildman–Crippen MR) is 220 cm³/mol. The molecule has 5 amide bonds. The van der Waals surface area contributed by atoms with Crippen LogP contribution in [-0.2, 0) is 4.79 Å². The molecule has 6 rings (SSSR count). The second-order valence-electron chi connectivity index (χ2n) is 14.2. The smallest absolute Gasteiger partial charge is 0.261 e. The van der Waals surface area contributed by atoms with Gasteiger partial charge in [-0.1, -0.05) is 36.4 Å². The van der Waals surface area contributed by atoms with Crippen LogP contribution in [-0.4, -0.2) is 111 Å². The minimum atomic E-state index is -0.388. The summed E-state index contributed by atoms with van der Waals surface area (Å²) < 4.78 is 11.7. The van der Waals surface area contributed by atoms with Crippen molar-refractivity contribution in [1.82, 2.24) is 14.7 Å². The van der Waals surface area contributed by atoms with E-state index in [9.17, 15) is 24.0 Å². The number of ether oxygens (including phenoxy) is 2. The topological polar surface area (TPSA) is 141 Å². The van der Waals surface area contributed by atoms with E-state index in [1.165, 1.54) is 16.9 Å². The Bertz CT molecular complexity index is 2060. The highest BCUT2D eigenvalue weighted by atomic mass is 16.5. The highest BCUT2D eigenvalue weighted by molar-refractivity contribution is 6.21. The molecule has 0 aliphatic carbocycles. The Hall–Kier alpha value is -6.21. The van der Waals surface area contributed by atoms with Crippen molar-refractivity contribution in [3.63, 3.8) is 0 Å². The van der Waals surface area contributed by atoms with Gasteiger partial charge in [0.2, 0.25) is 5.91 Å². The molecule has 0 radical (unpaired) electrons. The van der Waals surface area contributed by atoms with Gasteiger partial charge in [0.1, 0.15) is 11.5 Å². The number of imide groups is 1. The van der Waals surface area contributed by atoms with Crippen molar-refractivity contribution in [2.45, 2.75) is 32.1 Å². The first-order chi connectivity index (χ1) is 27.7. The molecule has 2 N–H and O–H groups in total. The van der Waals surface area contributed by atoms with Gasteiger partial charge in [0, 0.05) is 64.0 Å². The van der Waals surface area contributed by atoms with E-state index in [1.807, 2.05) is 35.2 Å². The van der Waals surface area contributed by atoms with Crippen LogP contribution < -0.4 is 25.0 Å². The van der Waals surface area contributed by atoms with Crippen LogP contribution in [0.3, 0.4) is 0 Å². The average Bonchev–Trinajstić information content (AvgIpc) is 3.48. The second kappa shape index (κ2) is 19.1. The molecule has 0 spiro atoms. The number of carbonyl (C=O) groups is 5. The van der Waals surface area contributed by atoms with Gasteiger partial charge in [-0.05, 0) is 87.3 Å². The molecule has 298 valence electrons. The molecule has 2 heterocycles. The zero-order valence-electron chi connectivity index (χ0n) is 32.8. The number of methoxy groups -OCH3 is 1. The largest absolute Gasteiger partial charge is 0.495 e. The number of rotatable bonds is 17. The molecule has 0 atom stereocenters. The third-order valence-corrected chi connectivity index (χ3v) is 10.3. The zero-order chi connectivity index (χ0) is 40.3. The summed E-state index contributed by atoms with van der Waals surface area (Å²) in [4.78, 5) is 72.2. The molecule has 57 heavy (non-hydrogen) atoms. The normalized spacial score (nSPS) is 13.9. The van der Waals surface area contributed by atoms with Gasteiger partial charge in [0.25, 0.3) is 23.6 Å². The fourth-order valence-corrected chi connectivity index (χ4v) is 6.97. The van der Waals surface area contributed by atoms with Gasteiger partial charge in [-0.15, -0.1) is 0 Å². The number of para-hydroxylation sites is 3. The predicted octanol–water partition coefficient (Wildman–Crippen LogP) is 6.04. The van der Waals surface area contributed by atoms with E-state index >= 15 is 0 Å². The number of amides is 5. The van der Waals surface area contributed by atoms with Crippen LogP contribution in [0.25, 0.3) is 0 Å². The summed E-state index contributed by atoms with van der Waals surface area (Å²) in [5, 5.41) is 6.17. The van der Waals surface area contributed by atoms with Gasteiger partial charge in [-0.25, -0.2) is 0 Å². The summed E-state index contributed by atoms with van der Waals surface area (Å²) in [6, 6.07) is 26.0.